The molecule has 0 aliphatic carbocycles. The van der Waals surface area contributed by atoms with Crippen molar-refractivity contribution >= 4 is 23.5 Å². The second-order valence-electron chi connectivity index (χ2n) is 7.00. The molecule has 7 nitrogen and oxygen atoms in total. The first kappa shape index (κ1) is 18.8. The molecule has 7 heteroatoms. The molecule has 1 heterocycles. The zero-order valence-corrected chi connectivity index (χ0v) is 15.3. The Balaban J connectivity index is 1.81. The van der Waals surface area contributed by atoms with E-state index in [0.29, 0.717) is 12.5 Å². The molecule has 2 amide bonds. The van der Waals surface area contributed by atoms with Gasteiger partial charge in [-0.1, -0.05) is 18.2 Å². The van der Waals surface area contributed by atoms with Gasteiger partial charge in [-0.15, -0.1) is 0 Å². The van der Waals surface area contributed by atoms with Gasteiger partial charge in [-0.3, -0.25) is 14.6 Å². The highest BCUT2D eigenvalue weighted by atomic mass is 16.2. The summed E-state index contributed by atoms with van der Waals surface area (Å²) >= 11 is 0. The van der Waals surface area contributed by atoms with E-state index in [1.165, 1.54) is 5.56 Å². The minimum atomic E-state index is -0.283. The SMILES string of the molecule is CN=C(NCC(=O)NC(C)(C)C)NCC(=O)N1CCc2ccccc21. The fourth-order valence-corrected chi connectivity index (χ4v) is 2.70. The fourth-order valence-electron chi connectivity index (χ4n) is 2.70. The molecule has 0 fully saturated rings. The lowest BCUT2D eigenvalue weighted by Crippen LogP contribution is -2.49. The Bertz CT molecular complexity index is 664. The summed E-state index contributed by atoms with van der Waals surface area (Å²) in [5.41, 5.74) is 1.88. The third kappa shape index (κ3) is 5.48. The van der Waals surface area contributed by atoms with Gasteiger partial charge in [0.25, 0.3) is 0 Å². The van der Waals surface area contributed by atoms with E-state index < -0.39 is 0 Å². The van der Waals surface area contributed by atoms with Gasteiger partial charge in [-0.25, -0.2) is 0 Å². The second kappa shape index (κ2) is 8.00. The van der Waals surface area contributed by atoms with Crippen LogP contribution in [0.5, 0.6) is 0 Å². The molecular formula is C18H27N5O2. The molecule has 2 rings (SSSR count). The minimum absolute atomic E-state index is 0.0213. The number of hydrogen-bond acceptors (Lipinski definition) is 3. The third-order valence-electron chi connectivity index (χ3n) is 3.75. The molecule has 0 saturated carbocycles. The molecular weight excluding hydrogens is 318 g/mol. The number of rotatable bonds is 4. The summed E-state index contributed by atoms with van der Waals surface area (Å²) in [5.74, 6) is 0.271. The number of nitrogens with one attached hydrogen (secondary N) is 3. The highest BCUT2D eigenvalue weighted by Gasteiger charge is 2.24. The maximum atomic E-state index is 12.5. The van der Waals surface area contributed by atoms with Crippen molar-refractivity contribution in [3.63, 3.8) is 0 Å². The molecule has 25 heavy (non-hydrogen) atoms. The molecule has 1 aromatic rings. The summed E-state index contributed by atoms with van der Waals surface area (Å²) in [6.07, 6.45) is 0.877. The van der Waals surface area contributed by atoms with Crippen LogP contribution in [-0.2, 0) is 16.0 Å². The van der Waals surface area contributed by atoms with Crippen molar-refractivity contribution in [3.8, 4) is 0 Å². The molecule has 0 atom stereocenters. The predicted molar refractivity (Wildman–Crippen MR) is 99.8 cm³/mol. The lowest BCUT2D eigenvalue weighted by molar-refractivity contribution is -0.121. The van der Waals surface area contributed by atoms with E-state index in [-0.39, 0.29) is 30.4 Å². The summed E-state index contributed by atoms with van der Waals surface area (Å²) < 4.78 is 0. The topological polar surface area (TPSA) is 85.8 Å². The molecule has 136 valence electrons. The van der Waals surface area contributed by atoms with Crippen LogP contribution in [-0.4, -0.2) is 50.0 Å². The van der Waals surface area contributed by atoms with Crippen LogP contribution in [0.4, 0.5) is 5.69 Å². The monoisotopic (exact) mass is 345 g/mol. The Morgan fingerprint density at radius 2 is 1.84 bits per heavy atom. The van der Waals surface area contributed by atoms with Crippen LogP contribution in [0.3, 0.4) is 0 Å². The Kier molecular flexibility index (Phi) is 6.01. The first-order chi connectivity index (χ1) is 11.8. The Hall–Kier alpha value is -2.57. The number of hydrogen-bond donors (Lipinski definition) is 3. The highest BCUT2D eigenvalue weighted by molar-refractivity contribution is 5.99. The first-order valence-corrected chi connectivity index (χ1v) is 8.44. The van der Waals surface area contributed by atoms with Gasteiger partial charge in [0.15, 0.2) is 5.96 Å². The van der Waals surface area contributed by atoms with Crippen molar-refractivity contribution in [1.82, 2.24) is 16.0 Å². The number of carbonyl (C=O) groups excluding carboxylic acids is 2. The van der Waals surface area contributed by atoms with Gasteiger partial charge in [-0.2, -0.15) is 0 Å². The average Bonchev–Trinajstić information content (AvgIpc) is 2.97. The molecule has 0 bridgehead atoms. The van der Waals surface area contributed by atoms with Crippen LogP contribution in [0, 0.1) is 0 Å². The molecule has 1 aromatic carbocycles. The van der Waals surface area contributed by atoms with Gasteiger partial charge in [0.2, 0.25) is 11.8 Å². The number of amides is 2. The fraction of sp³-hybridized carbons (Fsp3) is 0.500. The van der Waals surface area contributed by atoms with Gasteiger partial charge in [0.1, 0.15) is 0 Å². The molecule has 0 saturated heterocycles. The Morgan fingerprint density at radius 1 is 1.16 bits per heavy atom. The van der Waals surface area contributed by atoms with Crippen molar-refractivity contribution < 1.29 is 9.59 Å². The van der Waals surface area contributed by atoms with E-state index in [1.807, 2.05) is 45.0 Å². The van der Waals surface area contributed by atoms with Gasteiger partial charge >= 0.3 is 0 Å². The van der Waals surface area contributed by atoms with Crippen molar-refractivity contribution in [3.05, 3.63) is 29.8 Å². The highest BCUT2D eigenvalue weighted by Crippen LogP contribution is 2.27. The lowest BCUT2D eigenvalue weighted by atomic mass is 10.1. The van der Waals surface area contributed by atoms with E-state index in [0.717, 1.165) is 12.1 Å². The number of aliphatic imine (C=N–C) groups is 1. The molecule has 0 unspecified atom stereocenters. The van der Waals surface area contributed by atoms with Gasteiger partial charge in [0, 0.05) is 24.8 Å². The van der Waals surface area contributed by atoms with Crippen LogP contribution in [0.25, 0.3) is 0 Å². The van der Waals surface area contributed by atoms with Crippen molar-refractivity contribution in [2.45, 2.75) is 32.7 Å². The Labute approximate surface area is 148 Å². The van der Waals surface area contributed by atoms with Crippen LogP contribution in [0.2, 0.25) is 0 Å². The van der Waals surface area contributed by atoms with E-state index in [2.05, 4.69) is 20.9 Å². The van der Waals surface area contributed by atoms with Crippen molar-refractivity contribution in [2.24, 2.45) is 4.99 Å². The summed E-state index contributed by atoms with van der Waals surface area (Å²) in [6, 6.07) is 7.93. The minimum Gasteiger partial charge on any atom is -0.350 e. The van der Waals surface area contributed by atoms with E-state index in [4.69, 9.17) is 0 Å². The number of nitrogens with zero attached hydrogens (tertiary/aromatic N) is 2. The number of guanidine groups is 1. The van der Waals surface area contributed by atoms with Gasteiger partial charge in [-0.05, 0) is 38.8 Å². The Morgan fingerprint density at radius 3 is 2.52 bits per heavy atom. The van der Waals surface area contributed by atoms with Crippen LogP contribution in [0.15, 0.2) is 29.3 Å². The van der Waals surface area contributed by atoms with Crippen molar-refractivity contribution in [1.29, 1.82) is 0 Å². The third-order valence-corrected chi connectivity index (χ3v) is 3.75. The normalized spacial score (nSPS) is 14.1. The van der Waals surface area contributed by atoms with E-state index in [9.17, 15) is 9.59 Å². The molecule has 1 aliphatic heterocycles. The van der Waals surface area contributed by atoms with E-state index >= 15 is 0 Å². The first-order valence-electron chi connectivity index (χ1n) is 8.44. The van der Waals surface area contributed by atoms with Crippen LogP contribution in [0.1, 0.15) is 26.3 Å². The smallest absolute Gasteiger partial charge is 0.246 e. The van der Waals surface area contributed by atoms with Crippen LogP contribution < -0.4 is 20.9 Å². The molecule has 0 aromatic heterocycles. The number of benzene rings is 1. The largest absolute Gasteiger partial charge is 0.350 e. The molecule has 0 spiro atoms. The molecule has 0 radical (unpaired) electrons. The van der Waals surface area contributed by atoms with E-state index in [1.54, 1.807) is 11.9 Å². The summed E-state index contributed by atoms with van der Waals surface area (Å²) in [4.78, 5) is 30.1. The van der Waals surface area contributed by atoms with Crippen LogP contribution >= 0.6 is 0 Å². The van der Waals surface area contributed by atoms with Gasteiger partial charge in [0.05, 0.1) is 13.1 Å². The summed E-state index contributed by atoms with van der Waals surface area (Å²) in [6.45, 7) is 6.67. The zero-order valence-electron chi connectivity index (χ0n) is 15.3. The quantitative estimate of drug-likeness (QED) is 0.553. The summed E-state index contributed by atoms with van der Waals surface area (Å²) in [5, 5.41) is 8.74. The standard InChI is InChI=1S/C18H27N5O2/c1-18(2,3)22-15(24)11-20-17(19-4)21-12-16(25)23-10-9-13-7-5-6-8-14(13)23/h5-8H,9-12H2,1-4H3,(H,22,24)(H2,19,20,21). The number of anilines is 1. The average molecular weight is 345 g/mol. The predicted octanol–water partition coefficient (Wildman–Crippen LogP) is 0.655. The molecule has 3 N–H and O–H groups in total. The summed E-state index contributed by atoms with van der Waals surface area (Å²) in [7, 11) is 1.60. The van der Waals surface area contributed by atoms with Gasteiger partial charge < -0.3 is 20.9 Å². The zero-order chi connectivity index (χ0) is 18.4. The second-order valence-corrected chi connectivity index (χ2v) is 7.00. The van der Waals surface area contributed by atoms with Crippen molar-refractivity contribution in [2.75, 3.05) is 31.6 Å². The maximum absolute atomic E-state index is 12.5. The number of carbonyl (C=O) groups is 2. The molecule has 1 aliphatic rings. The number of para-hydroxylation sites is 1. The maximum Gasteiger partial charge on any atom is 0.246 e. The lowest BCUT2D eigenvalue weighted by Gasteiger charge is -2.21. The number of fused-ring (bicyclic) bond motifs is 1.